The van der Waals surface area contributed by atoms with Gasteiger partial charge >= 0.3 is 5.97 Å². The number of aromatic amines is 1. The molecular weight excluding hydrogens is 423 g/mol. The molecule has 1 aliphatic rings. The Morgan fingerprint density at radius 1 is 1.12 bits per heavy atom. The molecule has 2 N–H and O–H groups in total. The number of esters is 1. The number of aromatic nitrogens is 1. The minimum Gasteiger partial charge on any atom is -0.462 e. The van der Waals surface area contributed by atoms with Crippen LogP contribution < -0.4 is 10.2 Å². The number of carbonyl (C=O) groups is 2. The van der Waals surface area contributed by atoms with Crippen molar-refractivity contribution in [2.45, 2.75) is 40.0 Å². The second kappa shape index (κ2) is 11.8. The van der Waals surface area contributed by atoms with E-state index < -0.39 is 0 Å². The molecule has 0 aliphatic carbocycles. The van der Waals surface area contributed by atoms with Crippen LogP contribution in [0, 0.1) is 19.7 Å². The average molecular weight is 459 g/mol. The zero-order valence-electron chi connectivity index (χ0n) is 19.9. The zero-order valence-corrected chi connectivity index (χ0v) is 19.9. The lowest BCUT2D eigenvalue weighted by atomic mass is 10.1. The maximum atomic E-state index is 13.1. The highest BCUT2D eigenvalue weighted by atomic mass is 19.1. The van der Waals surface area contributed by atoms with Crippen molar-refractivity contribution in [3.05, 3.63) is 52.6 Å². The highest BCUT2D eigenvalue weighted by Crippen LogP contribution is 2.20. The van der Waals surface area contributed by atoms with Crippen LogP contribution in [0.1, 0.15) is 47.1 Å². The maximum absolute atomic E-state index is 13.1. The summed E-state index contributed by atoms with van der Waals surface area (Å²) >= 11 is 0. The first kappa shape index (κ1) is 24.8. The van der Waals surface area contributed by atoms with Gasteiger partial charge in [0.2, 0.25) is 5.91 Å². The quantitative estimate of drug-likeness (QED) is 0.422. The smallest absolute Gasteiger partial charge is 0.340 e. The van der Waals surface area contributed by atoms with Crippen molar-refractivity contribution in [2.24, 2.45) is 0 Å². The molecule has 1 aliphatic heterocycles. The largest absolute Gasteiger partial charge is 0.462 e. The summed E-state index contributed by atoms with van der Waals surface area (Å²) in [6.07, 6.45) is 1.83. The van der Waals surface area contributed by atoms with Crippen LogP contribution in [0.5, 0.6) is 0 Å². The van der Waals surface area contributed by atoms with Crippen LogP contribution in [0.25, 0.3) is 0 Å². The number of piperazine rings is 1. The van der Waals surface area contributed by atoms with Crippen LogP contribution >= 0.6 is 0 Å². The number of benzene rings is 1. The zero-order chi connectivity index (χ0) is 23.8. The molecule has 1 amide bonds. The number of aryl methyl sites for hydroxylation is 2. The topological polar surface area (TPSA) is 77.7 Å². The summed E-state index contributed by atoms with van der Waals surface area (Å²) < 4.78 is 18.2. The van der Waals surface area contributed by atoms with E-state index in [9.17, 15) is 14.0 Å². The number of amides is 1. The van der Waals surface area contributed by atoms with Gasteiger partial charge in [-0.1, -0.05) is 0 Å². The Morgan fingerprint density at radius 2 is 1.82 bits per heavy atom. The van der Waals surface area contributed by atoms with E-state index in [-0.39, 0.29) is 17.7 Å². The predicted octanol–water partition coefficient (Wildman–Crippen LogP) is 3.21. The SMILES string of the molecule is CCOC(=O)c1c(C)[nH]c(CCC(=O)NCCCN2CCN(c3ccc(F)cc3)CC2)c1C. The first-order valence-corrected chi connectivity index (χ1v) is 11.7. The lowest BCUT2D eigenvalue weighted by Crippen LogP contribution is -2.47. The molecule has 2 aromatic rings. The van der Waals surface area contributed by atoms with Gasteiger partial charge in [0.25, 0.3) is 0 Å². The van der Waals surface area contributed by atoms with E-state index in [0.717, 1.165) is 61.8 Å². The predicted molar refractivity (Wildman–Crippen MR) is 127 cm³/mol. The van der Waals surface area contributed by atoms with Gasteiger partial charge in [-0.25, -0.2) is 9.18 Å². The molecule has 0 spiro atoms. The molecule has 0 unspecified atom stereocenters. The number of hydrogen-bond acceptors (Lipinski definition) is 5. The van der Waals surface area contributed by atoms with Gasteiger partial charge in [-0.2, -0.15) is 0 Å². The van der Waals surface area contributed by atoms with Crippen LogP contribution in [-0.2, 0) is 16.0 Å². The van der Waals surface area contributed by atoms with E-state index in [0.29, 0.717) is 31.6 Å². The molecule has 1 aromatic carbocycles. The van der Waals surface area contributed by atoms with Crippen molar-refractivity contribution in [3.8, 4) is 0 Å². The van der Waals surface area contributed by atoms with Crippen molar-refractivity contribution in [3.63, 3.8) is 0 Å². The van der Waals surface area contributed by atoms with E-state index in [1.807, 2.05) is 26.0 Å². The number of rotatable bonds is 10. The third-order valence-electron chi connectivity index (χ3n) is 6.16. The summed E-state index contributed by atoms with van der Waals surface area (Å²) in [6.45, 7) is 11.2. The molecule has 0 radical (unpaired) electrons. The molecule has 3 rings (SSSR count). The number of hydrogen-bond donors (Lipinski definition) is 2. The Labute approximate surface area is 195 Å². The Morgan fingerprint density at radius 3 is 2.48 bits per heavy atom. The van der Waals surface area contributed by atoms with Gasteiger partial charge < -0.3 is 19.9 Å². The normalized spacial score (nSPS) is 14.4. The molecule has 2 heterocycles. The van der Waals surface area contributed by atoms with Gasteiger partial charge in [0.1, 0.15) is 5.82 Å². The second-order valence-corrected chi connectivity index (χ2v) is 8.46. The molecule has 8 heteroatoms. The number of nitrogens with one attached hydrogen (secondary N) is 2. The number of anilines is 1. The molecule has 1 saturated heterocycles. The molecule has 0 saturated carbocycles. The first-order chi connectivity index (χ1) is 15.9. The van der Waals surface area contributed by atoms with Crippen molar-refractivity contribution in [1.29, 1.82) is 0 Å². The summed E-state index contributed by atoms with van der Waals surface area (Å²) in [5.41, 5.74) is 4.18. The highest BCUT2D eigenvalue weighted by Gasteiger charge is 2.20. The van der Waals surface area contributed by atoms with Crippen molar-refractivity contribution >= 4 is 17.6 Å². The molecular formula is C25H35FN4O3. The van der Waals surface area contributed by atoms with Crippen LogP contribution in [0.15, 0.2) is 24.3 Å². The van der Waals surface area contributed by atoms with Crippen LogP contribution in [0.4, 0.5) is 10.1 Å². The number of nitrogens with zero attached hydrogens (tertiary/aromatic N) is 2. The first-order valence-electron chi connectivity index (χ1n) is 11.7. The fourth-order valence-electron chi connectivity index (χ4n) is 4.31. The Hall–Kier alpha value is -2.87. The standard InChI is InChI=1S/C25H35FN4O3/c1-4-33-25(32)24-18(2)22(28-19(24)3)10-11-23(31)27-12-5-13-29-14-16-30(17-15-29)21-8-6-20(26)7-9-21/h6-9,28H,4-5,10-17H2,1-3H3,(H,27,31). The van der Waals surface area contributed by atoms with Gasteiger partial charge in [0, 0.05) is 56.2 Å². The molecule has 1 aromatic heterocycles. The Bertz CT molecular complexity index is 934. The van der Waals surface area contributed by atoms with Gasteiger partial charge in [0.05, 0.1) is 12.2 Å². The number of ether oxygens (including phenoxy) is 1. The molecule has 7 nitrogen and oxygen atoms in total. The van der Waals surface area contributed by atoms with E-state index in [1.165, 1.54) is 12.1 Å². The van der Waals surface area contributed by atoms with Gasteiger partial charge in [0.15, 0.2) is 0 Å². The number of carbonyl (C=O) groups excluding carboxylic acids is 2. The van der Waals surface area contributed by atoms with Crippen LogP contribution in [0.3, 0.4) is 0 Å². The van der Waals surface area contributed by atoms with Crippen LogP contribution in [-0.4, -0.2) is 67.6 Å². The third kappa shape index (κ3) is 6.81. The molecule has 1 fully saturated rings. The van der Waals surface area contributed by atoms with Gasteiger partial charge in [-0.05, 0) is 70.0 Å². The summed E-state index contributed by atoms with van der Waals surface area (Å²) in [5.74, 6) is -0.516. The molecule has 33 heavy (non-hydrogen) atoms. The second-order valence-electron chi connectivity index (χ2n) is 8.46. The van der Waals surface area contributed by atoms with Crippen molar-refractivity contribution in [1.82, 2.24) is 15.2 Å². The lowest BCUT2D eigenvalue weighted by Gasteiger charge is -2.36. The number of halogens is 1. The fourth-order valence-corrected chi connectivity index (χ4v) is 4.31. The maximum Gasteiger partial charge on any atom is 0.340 e. The van der Waals surface area contributed by atoms with Crippen molar-refractivity contribution in [2.75, 3.05) is 50.8 Å². The van der Waals surface area contributed by atoms with E-state index >= 15 is 0 Å². The summed E-state index contributed by atoms with van der Waals surface area (Å²) in [7, 11) is 0. The molecule has 180 valence electrons. The van der Waals surface area contributed by atoms with E-state index in [1.54, 1.807) is 6.92 Å². The summed E-state index contributed by atoms with van der Waals surface area (Å²) in [5, 5.41) is 3.00. The lowest BCUT2D eigenvalue weighted by molar-refractivity contribution is -0.121. The summed E-state index contributed by atoms with van der Waals surface area (Å²) in [6, 6.07) is 6.66. The summed E-state index contributed by atoms with van der Waals surface area (Å²) in [4.78, 5) is 32.3. The van der Waals surface area contributed by atoms with Crippen molar-refractivity contribution < 1.29 is 18.7 Å². The highest BCUT2D eigenvalue weighted by molar-refractivity contribution is 5.92. The third-order valence-corrected chi connectivity index (χ3v) is 6.16. The Kier molecular flexibility index (Phi) is 8.88. The van der Waals surface area contributed by atoms with Gasteiger partial charge in [-0.15, -0.1) is 0 Å². The molecule has 0 bridgehead atoms. The van der Waals surface area contributed by atoms with Gasteiger partial charge in [-0.3, -0.25) is 9.69 Å². The fraction of sp³-hybridized carbons (Fsp3) is 0.520. The van der Waals surface area contributed by atoms with E-state index in [4.69, 9.17) is 4.74 Å². The Balaban J connectivity index is 1.33. The number of H-pyrrole nitrogens is 1. The minimum absolute atomic E-state index is 0.0143. The monoisotopic (exact) mass is 458 g/mol. The molecule has 0 atom stereocenters. The van der Waals surface area contributed by atoms with E-state index in [2.05, 4.69) is 20.1 Å². The average Bonchev–Trinajstić information content (AvgIpc) is 3.09. The van der Waals surface area contributed by atoms with Crippen LogP contribution in [0.2, 0.25) is 0 Å². The minimum atomic E-state index is -0.321.